The molecule has 0 spiro atoms. The fourth-order valence-corrected chi connectivity index (χ4v) is 2.55. The maximum atomic E-state index is 10.0. The summed E-state index contributed by atoms with van der Waals surface area (Å²) >= 11 is 5.64. The van der Waals surface area contributed by atoms with Crippen molar-refractivity contribution in [3.8, 4) is 0 Å². The minimum atomic E-state index is 0.500. The molecule has 2 aromatic heterocycles. The van der Waals surface area contributed by atoms with Crippen LogP contribution in [-0.4, -0.2) is 36.6 Å². The normalized spacial score (nSPS) is 11.7. The second-order valence-electron chi connectivity index (χ2n) is 5.47. The summed E-state index contributed by atoms with van der Waals surface area (Å²) < 4.78 is 9.50. The molecule has 7 heteroatoms. The molecule has 1 fully saturated rings. The fraction of sp³-hybridized carbons (Fsp3) is 0.450. The molecule has 1 aliphatic heterocycles. The Morgan fingerprint density at radius 3 is 2.22 bits per heavy atom. The maximum Gasteiger partial charge on any atom is 0.212 e. The van der Waals surface area contributed by atoms with Crippen molar-refractivity contribution in [3.63, 3.8) is 0 Å². The Balaban J connectivity index is 0.000000425. The first-order valence-corrected chi connectivity index (χ1v) is 9.35. The van der Waals surface area contributed by atoms with Gasteiger partial charge in [0.25, 0.3) is 0 Å². The number of nitrogens with zero attached hydrogens (tertiary/aromatic N) is 3. The summed E-state index contributed by atoms with van der Waals surface area (Å²) in [7, 11) is 0.500. The van der Waals surface area contributed by atoms with E-state index in [1.807, 2.05) is 27.0 Å². The Labute approximate surface area is 167 Å². The van der Waals surface area contributed by atoms with E-state index in [1.54, 1.807) is 6.07 Å². The van der Waals surface area contributed by atoms with E-state index in [4.69, 9.17) is 11.6 Å². The van der Waals surface area contributed by atoms with Crippen LogP contribution >= 0.6 is 11.6 Å². The Morgan fingerprint density at radius 2 is 1.74 bits per heavy atom. The summed E-state index contributed by atoms with van der Waals surface area (Å²) in [6, 6.07) is 5.97. The van der Waals surface area contributed by atoms with Crippen molar-refractivity contribution >= 4 is 29.6 Å². The number of amides is 1. The third-order valence-corrected chi connectivity index (χ3v) is 3.77. The second-order valence-corrected chi connectivity index (χ2v) is 5.91. The molecule has 0 atom stereocenters. The molecule has 0 aliphatic carbocycles. The van der Waals surface area contributed by atoms with E-state index in [0.29, 0.717) is 24.4 Å². The number of hydrogen-bond donors (Lipinski definition) is 1. The van der Waals surface area contributed by atoms with Crippen molar-refractivity contribution in [2.24, 2.45) is 0 Å². The van der Waals surface area contributed by atoms with Crippen LogP contribution in [0.1, 0.15) is 37.8 Å². The molecule has 1 saturated heterocycles. The number of halogens is 2. The topological polar surface area (TPSA) is 58.1 Å². The molecule has 1 aliphatic rings. The van der Waals surface area contributed by atoms with E-state index in [9.17, 15) is 9.18 Å². The number of carbonyl (C=O) groups is 1. The number of anilines is 2. The summed E-state index contributed by atoms with van der Waals surface area (Å²) in [4.78, 5) is 20.7. The first-order chi connectivity index (χ1) is 13.1. The minimum absolute atomic E-state index is 0.500. The molecule has 1 amide bonds. The van der Waals surface area contributed by atoms with Gasteiger partial charge in [0.05, 0.1) is 12.2 Å². The highest BCUT2D eigenvalue weighted by Gasteiger charge is 2.12. The van der Waals surface area contributed by atoms with Crippen molar-refractivity contribution in [2.45, 2.75) is 40.5 Å². The van der Waals surface area contributed by atoms with Crippen LogP contribution in [0.2, 0.25) is 5.02 Å². The smallest absolute Gasteiger partial charge is 0.212 e. The van der Waals surface area contributed by atoms with Gasteiger partial charge in [-0.3, -0.25) is 9.18 Å². The molecule has 27 heavy (non-hydrogen) atoms. The van der Waals surface area contributed by atoms with Crippen LogP contribution in [-0.2, 0) is 4.79 Å². The summed E-state index contributed by atoms with van der Waals surface area (Å²) in [5, 5.41) is 3.02. The average molecular weight is 397 g/mol. The number of aromatic nitrogens is 2. The molecule has 0 saturated carbocycles. The highest BCUT2D eigenvalue weighted by Crippen LogP contribution is 2.17. The van der Waals surface area contributed by atoms with Gasteiger partial charge >= 0.3 is 0 Å². The summed E-state index contributed by atoms with van der Waals surface area (Å²) in [5.41, 5.74) is 2.09. The lowest BCUT2D eigenvalue weighted by Gasteiger charge is -2.15. The summed E-state index contributed by atoms with van der Waals surface area (Å²) in [5.74, 6) is 1.68. The van der Waals surface area contributed by atoms with Gasteiger partial charge in [0, 0.05) is 25.5 Å². The van der Waals surface area contributed by atoms with Crippen LogP contribution in [0.25, 0.3) is 0 Å². The van der Waals surface area contributed by atoms with E-state index >= 15 is 0 Å². The molecule has 0 bridgehead atoms. The van der Waals surface area contributed by atoms with Gasteiger partial charge in [-0.15, -0.1) is 0 Å². The third kappa shape index (κ3) is 9.33. The van der Waals surface area contributed by atoms with Crippen molar-refractivity contribution < 1.29 is 9.18 Å². The molecule has 0 aromatic carbocycles. The largest absolute Gasteiger partial charge is 0.357 e. The van der Waals surface area contributed by atoms with Crippen LogP contribution in [0.4, 0.5) is 16.0 Å². The number of nitrogens with one attached hydrogen (secondary N) is 1. The molecular weight excluding hydrogens is 367 g/mol. The average Bonchev–Trinajstić information content (AvgIpc) is 3.23. The van der Waals surface area contributed by atoms with Gasteiger partial charge in [-0.2, -0.15) is 0 Å². The monoisotopic (exact) mass is 396 g/mol. The van der Waals surface area contributed by atoms with Gasteiger partial charge in [0.15, 0.2) is 0 Å². The number of carbonyl (C=O) groups excluding carboxylic acids is 1. The first-order valence-electron chi connectivity index (χ1n) is 8.98. The SMILES string of the molecule is CC.CF.Cc1cc(Cl)cnc1NC=O.Cc1ccc(N2CCCC2)nc1. The minimum Gasteiger partial charge on any atom is -0.357 e. The first kappa shape index (κ1) is 24.8. The van der Waals surface area contributed by atoms with Gasteiger partial charge in [-0.1, -0.05) is 31.5 Å². The molecule has 0 radical (unpaired) electrons. The molecule has 3 heterocycles. The molecular formula is C20H30ClFN4O. The number of alkyl halides is 1. The van der Waals surface area contributed by atoms with E-state index in [2.05, 4.69) is 39.2 Å². The van der Waals surface area contributed by atoms with E-state index < -0.39 is 0 Å². The molecule has 3 rings (SSSR count). The van der Waals surface area contributed by atoms with Crippen LogP contribution < -0.4 is 10.2 Å². The van der Waals surface area contributed by atoms with Gasteiger partial charge < -0.3 is 10.2 Å². The second kappa shape index (κ2) is 14.9. The van der Waals surface area contributed by atoms with Crippen LogP contribution in [0.15, 0.2) is 30.6 Å². The fourth-order valence-electron chi connectivity index (χ4n) is 2.34. The molecule has 0 unspecified atom stereocenters. The third-order valence-electron chi connectivity index (χ3n) is 3.57. The zero-order valence-corrected chi connectivity index (χ0v) is 17.6. The predicted molar refractivity (Wildman–Crippen MR) is 112 cm³/mol. The molecule has 2 aromatic rings. The van der Waals surface area contributed by atoms with Gasteiger partial charge in [0.1, 0.15) is 11.6 Å². The van der Waals surface area contributed by atoms with E-state index in [1.165, 1.54) is 37.7 Å². The predicted octanol–water partition coefficient (Wildman–Crippen LogP) is 5.21. The van der Waals surface area contributed by atoms with Crippen LogP contribution in [0.3, 0.4) is 0 Å². The molecule has 5 nitrogen and oxygen atoms in total. The quantitative estimate of drug-likeness (QED) is 0.723. The Hall–Kier alpha value is -2.21. The van der Waals surface area contributed by atoms with E-state index in [-0.39, 0.29) is 0 Å². The van der Waals surface area contributed by atoms with Gasteiger partial charge in [-0.25, -0.2) is 9.97 Å². The highest BCUT2D eigenvalue weighted by molar-refractivity contribution is 6.30. The number of aryl methyl sites for hydroxylation is 2. The zero-order chi connectivity index (χ0) is 20.7. The number of pyridine rings is 2. The molecule has 150 valence electrons. The van der Waals surface area contributed by atoms with Crippen molar-refractivity contribution in [1.82, 2.24) is 9.97 Å². The summed E-state index contributed by atoms with van der Waals surface area (Å²) in [6.07, 6.45) is 6.64. The zero-order valence-electron chi connectivity index (χ0n) is 16.8. The van der Waals surface area contributed by atoms with Crippen LogP contribution in [0, 0.1) is 13.8 Å². The molecule has 1 N–H and O–H groups in total. The Kier molecular flexibility index (Phi) is 13.7. The lowest BCUT2D eigenvalue weighted by molar-refractivity contribution is -0.105. The number of rotatable bonds is 3. The van der Waals surface area contributed by atoms with Crippen molar-refractivity contribution in [2.75, 3.05) is 30.5 Å². The van der Waals surface area contributed by atoms with E-state index in [0.717, 1.165) is 11.4 Å². The lowest BCUT2D eigenvalue weighted by Crippen LogP contribution is -2.18. The lowest BCUT2D eigenvalue weighted by atomic mass is 10.3. The van der Waals surface area contributed by atoms with Gasteiger partial charge in [-0.05, 0) is 49.9 Å². The maximum absolute atomic E-state index is 10.0. The number of hydrogen-bond acceptors (Lipinski definition) is 4. The Bertz CT molecular complexity index is 647. The van der Waals surface area contributed by atoms with Crippen LogP contribution in [0.5, 0.6) is 0 Å². The highest BCUT2D eigenvalue weighted by atomic mass is 35.5. The summed E-state index contributed by atoms with van der Waals surface area (Å²) in [6.45, 7) is 10.2. The standard InChI is InChI=1S/C10H14N2.C7H7ClN2O.C2H6.CH3F/c1-9-4-5-10(11-8-9)12-6-2-3-7-12;1-5-2-6(8)3-9-7(5)10-4-11;2*1-2/h4-5,8H,2-3,6-7H2,1H3;2-4H,1H3,(H,9,10,11);1-2H3;1H3. The Morgan fingerprint density at radius 1 is 1.11 bits per heavy atom. The van der Waals surface area contributed by atoms with Gasteiger partial charge in [0.2, 0.25) is 6.41 Å². The van der Waals surface area contributed by atoms with Crippen molar-refractivity contribution in [1.29, 1.82) is 0 Å². The van der Waals surface area contributed by atoms with Crippen molar-refractivity contribution in [3.05, 3.63) is 46.7 Å².